The van der Waals surface area contributed by atoms with Gasteiger partial charge in [0.05, 0.1) is 0 Å². The minimum atomic E-state index is -0.775. The molecule has 90 valence electrons. The van der Waals surface area contributed by atoms with E-state index in [-0.39, 0.29) is 11.9 Å². The van der Waals surface area contributed by atoms with Gasteiger partial charge in [0.15, 0.2) is 11.4 Å². The first-order valence-corrected chi connectivity index (χ1v) is 6.04. The molecule has 2 heteroatoms. The zero-order valence-electron chi connectivity index (χ0n) is 10.2. The lowest BCUT2D eigenvalue weighted by Crippen LogP contribution is -2.20. The van der Waals surface area contributed by atoms with E-state index in [0.29, 0.717) is 0 Å². The maximum absolute atomic E-state index is 12.0. The molecule has 2 nitrogen and oxygen atoms in total. The summed E-state index contributed by atoms with van der Waals surface area (Å²) >= 11 is 0. The SMILES string of the molecule is CC(=O)[C@]1(c2ccccc2)O[C@H]1c1ccccc1. The van der Waals surface area contributed by atoms with Crippen molar-refractivity contribution in [1.29, 1.82) is 0 Å². The van der Waals surface area contributed by atoms with Gasteiger partial charge in [-0.2, -0.15) is 0 Å². The molecule has 1 aliphatic rings. The van der Waals surface area contributed by atoms with Crippen molar-refractivity contribution in [3.63, 3.8) is 0 Å². The van der Waals surface area contributed by atoms with E-state index in [1.807, 2.05) is 60.7 Å². The normalized spacial score (nSPS) is 25.7. The predicted molar refractivity (Wildman–Crippen MR) is 69.1 cm³/mol. The monoisotopic (exact) mass is 238 g/mol. The Morgan fingerprint density at radius 3 is 2.11 bits per heavy atom. The van der Waals surface area contributed by atoms with Crippen molar-refractivity contribution >= 4 is 5.78 Å². The topological polar surface area (TPSA) is 29.6 Å². The fourth-order valence-corrected chi connectivity index (χ4v) is 2.46. The zero-order chi connectivity index (χ0) is 12.6. The lowest BCUT2D eigenvalue weighted by molar-refractivity contribution is -0.122. The van der Waals surface area contributed by atoms with Crippen LogP contribution in [-0.4, -0.2) is 5.78 Å². The minimum absolute atomic E-state index is 0.0579. The number of carbonyl (C=O) groups excluding carboxylic acids is 1. The van der Waals surface area contributed by atoms with Crippen LogP contribution >= 0.6 is 0 Å². The second-order valence-corrected chi connectivity index (χ2v) is 4.57. The molecule has 0 amide bonds. The van der Waals surface area contributed by atoms with Crippen molar-refractivity contribution in [3.8, 4) is 0 Å². The lowest BCUT2D eigenvalue weighted by atomic mass is 9.89. The number of hydrogen-bond donors (Lipinski definition) is 0. The molecule has 2 aromatic rings. The minimum Gasteiger partial charge on any atom is -0.347 e. The maximum atomic E-state index is 12.0. The molecule has 0 N–H and O–H groups in total. The Balaban J connectivity index is 2.01. The second kappa shape index (κ2) is 4.07. The van der Waals surface area contributed by atoms with Gasteiger partial charge in [0, 0.05) is 0 Å². The van der Waals surface area contributed by atoms with Crippen LogP contribution in [0, 0.1) is 0 Å². The predicted octanol–water partition coefficient (Wildman–Crippen LogP) is 3.24. The van der Waals surface area contributed by atoms with Crippen molar-refractivity contribution in [2.24, 2.45) is 0 Å². The van der Waals surface area contributed by atoms with Gasteiger partial charge in [-0.1, -0.05) is 60.7 Å². The van der Waals surface area contributed by atoms with Gasteiger partial charge in [0.1, 0.15) is 6.10 Å². The van der Waals surface area contributed by atoms with E-state index in [1.54, 1.807) is 6.92 Å². The average molecular weight is 238 g/mol. The van der Waals surface area contributed by atoms with Gasteiger partial charge >= 0.3 is 0 Å². The summed E-state index contributed by atoms with van der Waals surface area (Å²) in [4.78, 5) is 12.0. The zero-order valence-corrected chi connectivity index (χ0v) is 10.2. The molecule has 1 heterocycles. The van der Waals surface area contributed by atoms with Gasteiger partial charge in [0.2, 0.25) is 0 Å². The molecule has 0 bridgehead atoms. The fourth-order valence-electron chi connectivity index (χ4n) is 2.46. The Morgan fingerprint density at radius 2 is 1.56 bits per heavy atom. The molecule has 2 atom stereocenters. The summed E-state index contributed by atoms with van der Waals surface area (Å²) in [7, 11) is 0. The van der Waals surface area contributed by atoms with Crippen LogP contribution < -0.4 is 0 Å². The average Bonchev–Trinajstić information content (AvgIpc) is 3.18. The van der Waals surface area contributed by atoms with Gasteiger partial charge in [0.25, 0.3) is 0 Å². The summed E-state index contributed by atoms with van der Waals surface area (Å²) in [5.74, 6) is 0.0579. The number of epoxide rings is 1. The molecule has 0 spiro atoms. The molecule has 0 aliphatic carbocycles. The number of carbonyl (C=O) groups is 1. The quantitative estimate of drug-likeness (QED) is 0.768. The standard InChI is InChI=1S/C16H14O2/c1-12(17)16(14-10-6-3-7-11-14)15(18-16)13-8-4-2-5-9-13/h2-11,15H,1H3/t15-,16+/m0/s1. The van der Waals surface area contributed by atoms with E-state index >= 15 is 0 Å². The van der Waals surface area contributed by atoms with Crippen LogP contribution in [0.1, 0.15) is 24.2 Å². The van der Waals surface area contributed by atoms with Crippen LogP contribution in [0.5, 0.6) is 0 Å². The Morgan fingerprint density at radius 1 is 1.00 bits per heavy atom. The lowest BCUT2D eigenvalue weighted by Gasteiger charge is -2.09. The van der Waals surface area contributed by atoms with Crippen molar-refractivity contribution in [1.82, 2.24) is 0 Å². The molecule has 18 heavy (non-hydrogen) atoms. The van der Waals surface area contributed by atoms with Gasteiger partial charge in [-0.3, -0.25) is 4.79 Å². The molecule has 2 aromatic carbocycles. The van der Waals surface area contributed by atoms with E-state index in [9.17, 15) is 4.79 Å². The van der Waals surface area contributed by atoms with E-state index in [4.69, 9.17) is 4.74 Å². The smallest absolute Gasteiger partial charge is 0.182 e. The number of ether oxygens (including phenoxy) is 1. The van der Waals surface area contributed by atoms with Crippen molar-refractivity contribution < 1.29 is 9.53 Å². The summed E-state index contributed by atoms with van der Waals surface area (Å²) in [6, 6.07) is 19.6. The van der Waals surface area contributed by atoms with Crippen LogP contribution in [-0.2, 0) is 15.1 Å². The molecule has 0 aromatic heterocycles. The summed E-state index contributed by atoms with van der Waals surface area (Å²) in [6.07, 6.45) is -0.154. The first-order chi connectivity index (χ1) is 8.75. The molecule has 0 radical (unpaired) electrons. The first kappa shape index (κ1) is 11.2. The van der Waals surface area contributed by atoms with Crippen LogP contribution in [0.2, 0.25) is 0 Å². The molecule has 0 unspecified atom stereocenters. The Kier molecular flexibility index (Phi) is 2.53. The highest BCUT2D eigenvalue weighted by molar-refractivity contribution is 5.90. The highest BCUT2D eigenvalue weighted by Gasteiger charge is 2.62. The third-order valence-electron chi connectivity index (χ3n) is 3.44. The number of rotatable bonds is 3. The Hall–Kier alpha value is -1.93. The second-order valence-electron chi connectivity index (χ2n) is 4.57. The molecule has 1 aliphatic heterocycles. The molecular weight excluding hydrogens is 224 g/mol. The van der Waals surface area contributed by atoms with Crippen molar-refractivity contribution in [2.45, 2.75) is 18.6 Å². The number of hydrogen-bond acceptors (Lipinski definition) is 2. The summed E-state index contributed by atoms with van der Waals surface area (Å²) in [5.41, 5.74) is 1.21. The van der Waals surface area contributed by atoms with E-state index in [0.717, 1.165) is 11.1 Å². The molecule has 0 saturated carbocycles. The van der Waals surface area contributed by atoms with Crippen LogP contribution in [0.4, 0.5) is 0 Å². The third kappa shape index (κ3) is 1.57. The van der Waals surface area contributed by atoms with Crippen LogP contribution in [0.3, 0.4) is 0 Å². The largest absolute Gasteiger partial charge is 0.347 e. The van der Waals surface area contributed by atoms with Crippen molar-refractivity contribution in [3.05, 3.63) is 71.8 Å². The van der Waals surface area contributed by atoms with Crippen LogP contribution in [0.25, 0.3) is 0 Å². The Labute approximate surface area is 106 Å². The van der Waals surface area contributed by atoms with Gasteiger partial charge in [-0.25, -0.2) is 0 Å². The number of benzene rings is 2. The third-order valence-corrected chi connectivity index (χ3v) is 3.44. The van der Waals surface area contributed by atoms with Gasteiger partial charge < -0.3 is 4.74 Å². The van der Waals surface area contributed by atoms with Gasteiger partial charge in [-0.15, -0.1) is 0 Å². The molecular formula is C16H14O2. The first-order valence-electron chi connectivity index (χ1n) is 6.04. The summed E-state index contributed by atoms with van der Waals surface area (Å²) in [6.45, 7) is 1.59. The van der Waals surface area contributed by atoms with Crippen LogP contribution in [0.15, 0.2) is 60.7 Å². The number of Topliss-reactive ketones (excluding diaryl/α,β-unsaturated/α-hetero) is 1. The molecule has 1 saturated heterocycles. The molecule has 3 rings (SSSR count). The number of ketones is 1. The van der Waals surface area contributed by atoms with E-state index < -0.39 is 5.60 Å². The fraction of sp³-hybridized carbons (Fsp3) is 0.188. The highest BCUT2D eigenvalue weighted by Crippen LogP contribution is 2.57. The Bertz CT molecular complexity index is 562. The molecule has 1 fully saturated rings. The summed E-state index contributed by atoms with van der Waals surface area (Å²) in [5, 5.41) is 0. The maximum Gasteiger partial charge on any atom is 0.182 e. The van der Waals surface area contributed by atoms with Crippen molar-refractivity contribution in [2.75, 3.05) is 0 Å². The summed E-state index contributed by atoms with van der Waals surface area (Å²) < 4.78 is 5.79. The van der Waals surface area contributed by atoms with E-state index in [1.165, 1.54) is 0 Å². The highest BCUT2D eigenvalue weighted by atomic mass is 16.6. The van der Waals surface area contributed by atoms with E-state index in [2.05, 4.69) is 0 Å². The van der Waals surface area contributed by atoms with Gasteiger partial charge in [-0.05, 0) is 18.1 Å².